The number of nitrogens with one attached hydrogen (secondary N) is 1. The van der Waals surface area contributed by atoms with E-state index in [9.17, 15) is 0 Å². The van der Waals surface area contributed by atoms with Gasteiger partial charge in [0.2, 0.25) is 0 Å². The molecule has 0 aliphatic heterocycles. The van der Waals surface area contributed by atoms with E-state index in [1.807, 2.05) is 24.4 Å². The number of hydrogen-bond acceptors (Lipinski definition) is 2. The summed E-state index contributed by atoms with van der Waals surface area (Å²) >= 11 is 9.87. The summed E-state index contributed by atoms with van der Waals surface area (Å²) in [5.41, 5.74) is 0. The molecule has 0 aliphatic carbocycles. The Labute approximate surface area is 127 Å². The van der Waals surface area contributed by atoms with E-state index in [0.29, 0.717) is 5.92 Å². The molecule has 1 heterocycles. The van der Waals surface area contributed by atoms with Gasteiger partial charge in [0.05, 0.1) is 5.38 Å². The van der Waals surface area contributed by atoms with E-state index in [1.165, 1.54) is 0 Å². The van der Waals surface area contributed by atoms with E-state index >= 15 is 0 Å². The SMILES string of the molecule is CC(C)CC(Cl)CNc1nccc2c(Br)cccc12. The van der Waals surface area contributed by atoms with E-state index < -0.39 is 0 Å². The number of aromatic nitrogens is 1. The molecule has 19 heavy (non-hydrogen) atoms. The number of anilines is 1. The summed E-state index contributed by atoms with van der Waals surface area (Å²) in [6.07, 6.45) is 2.82. The van der Waals surface area contributed by atoms with Crippen molar-refractivity contribution in [3.8, 4) is 0 Å². The van der Waals surface area contributed by atoms with Crippen LogP contribution in [0.1, 0.15) is 20.3 Å². The highest BCUT2D eigenvalue weighted by Gasteiger charge is 2.09. The fraction of sp³-hybridized carbons (Fsp3) is 0.400. The second-order valence-corrected chi connectivity index (χ2v) is 6.57. The molecule has 4 heteroatoms. The van der Waals surface area contributed by atoms with Crippen molar-refractivity contribution in [2.75, 3.05) is 11.9 Å². The summed E-state index contributed by atoms with van der Waals surface area (Å²) in [4.78, 5) is 4.41. The average Bonchev–Trinajstić information content (AvgIpc) is 2.36. The van der Waals surface area contributed by atoms with Gasteiger partial charge in [-0.15, -0.1) is 11.6 Å². The van der Waals surface area contributed by atoms with E-state index in [-0.39, 0.29) is 5.38 Å². The van der Waals surface area contributed by atoms with Gasteiger partial charge in [-0.2, -0.15) is 0 Å². The second-order valence-electron chi connectivity index (χ2n) is 5.10. The molecule has 0 aliphatic rings. The first-order valence-electron chi connectivity index (χ1n) is 6.49. The van der Waals surface area contributed by atoms with Crippen molar-refractivity contribution in [1.29, 1.82) is 0 Å². The fourth-order valence-corrected chi connectivity index (χ4v) is 3.04. The summed E-state index contributed by atoms with van der Waals surface area (Å²) in [5, 5.41) is 5.76. The van der Waals surface area contributed by atoms with Gasteiger partial charge in [0, 0.05) is 28.0 Å². The van der Waals surface area contributed by atoms with Crippen molar-refractivity contribution in [3.05, 3.63) is 34.9 Å². The molecule has 102 valence electrons. The topological polar surface area (TPSA) is 24.9 Å². The highest BCUT2D eigenvalue weighted by atomic mass is 79.9. The summed E-state index contributed by atoms with van der Waals surface area (Å²) in [5.74, 6) is 1.51. The van der Waals surface area contributed by atoms with Crippen molar-refractivity contribution in [1.82, 2.24) is 4.98 Å². The van der Waals surface area contributed by atoms with Crippen LogP contribution in [0.15, 0.2) is 34.9 Å². The van der Waals surface area contributed by atoms with E-state index in [0.717, 1.165) is 34.0 Å². The molecule has 0 fully saturated rings. The normalized spacial score (nSPS) is 12.9. The number of alkyl halides is 1. The first-order valence-corrected chi connectivity index (χ1v) is 7.72. The minimum absolute atomic E-state index is 0.129. The number of rotatable bonds is 5. The van der Waals surface area contributed by atoms with Crippen LogP contribution in [-0.2, 0) is 0 Å². The monoisotopic (exact) mass is 340 g/mol. The van der Waals surface area contributed by atoms with Crippen LogP contribution >= 0.6 is 27.5 Å². The van der Waals surface area contributed by atoms with Gasteiger partial charge in [0.25, 0.3) is 0 Å². The lowest BCUT2D eigenvalue weighted by atomic mass is 10.1. The minimum Gasteiger partial charge on any atom is -0.368 e. The predicted octanol–water partition coefficient (Wildman–Crippen LogP) is 5.06. The van der Waals surface area contributed by atoms with Crippen LogP contribution in [0, 0.1) is 5.92 Å². The largest absolute Gasteiger partial charge is 0.368 e. The predicted molar refractivity (Wildman–Crippen MR) is 87.0 cm³/mol. The highest BCUT2D eigenvalue weighted by Crippen LogP contribution is 2.27. The first-order chi connectivity index (χ1) is 9.08. The van der Waals surface area contributed by atoms with Crippen molar-refractivity contribution in [2.24, 2.45) is 5.92 Å². The molecule has 0 saturated heterocycles. The van der Waals surface area contributed by atoms with Crippen molar-refractivity contribution < 1.29 is 0 Å². The van der Waals surface area contributed by atoms with E-state index in [1.54, 1.807) is 0 Å². The quantitative estimate of drug-likeness (QED) is 0.769. The van der Waals surface area contributed by atoms with Gasteiger partial charge >= 0.3 is 0 Å². The molecule has 1 aromatic heterocycles. The molecular formula is C15H18BrClN2. The van der Waals surface area contributed by atoms with Crippen LogP contribution in [0.3, 0.4) is 0 Å². The fourth-order valence-electron chi connectivity index (χ4n) is 2.11. The average molecular weight is 342 g/mol. The van der Waals surface area contributed by atoms with Crippen molar-refractivity contribution in [2.45, 2.75) is 25.6 Å². The van der Waals surface area contributed by atoms with Crippen LogP contribution in [0.2, 0.25) is 0 Å². The van der Waals surface area contributed by atoms with Gasteiger partial charge in [-0.05, 0) is 24.5 Å². The number of fused-ring (bicyclic) bond motifs is 1. The van der Waals surface area contributed by atoms with Crippen LogP contribution in [-0.4, -0.2) is 16.9 Å². The van der Waals surface area contributed by atoms with Gasteiger partial charge in [-0.1, -0.05) is 41.9 Å². The lowest BCUT2D eigenvalue weighted by molar-refractivity contribution is 0.572. The Morgan fingerprint density at radius 1 is 1.26 bits per heavy atom. The van der Waals surface area contributed by atoms with Crippen LogP contribution in [0.5, 0.6) is 0 Å². The Morgan fingerprint density at radius 2 is 2.05 bits per heavy atom. The first kappa shape index (κ1) is 14.6. The molecule has 0 amide bonds. The molecule has 0 spiro atoms. The smallest absolute Gasteiger partial charge is 0.133 e. The number of nitrogens with zero attached hydrogens (tertiary/aromatic N) is 1. The van der Waals surface area contributed by atoms with Crippen LogP contribution in [0.4, 0.5) is 5.82 Å². The van der Waals surface area contributed by atoms with E-state index in [2.05, 4.69) is 46.1 Å². The molecule has 0 saturated carbocycles. The summed E-state index contributed by atoms with van der Waals surface area (Å²) in [7, 11) is 0. The van der Waals surface area contributed by atoms with Gasteiger partial charge in [0.15, 0.2) is 0 Å². The summed E-state index contributed by atoms with van der Waals surface area (Å²) in [6.45, 7) is 5.10. The Bertz CT molecular complexity index is 557. The van der Waals surface area contributed by atoms with Crippen molar-refractivity contribution >= 4 is 44.1 Å². The van der Waals surface area contributed by atoms with Gasteiger partial charge < -0.3 is 5.32 Å². The maximum absolute atomic E-state index is 6.31. The number of benzene rings is 1. The molecule has 2 aromatic rings. The molecule has 2 rings (SSSR count). The third kappa shape index (κ3) is 3.83. The Morgan fingerprint density at radius 3 is 2.79 bits per heavy atom. The lowest BCUT2D eigenvalue weighted by Gasteiger charge is -2.14. The van der Waals surface area contributed by atoms with E-state index in [4.69, 9.17) is 11.6 Å². The summed E-state index contributed by atoms with van der Waals surface area (Å²) < 4.78 is 1.08. The maximum Gasteiger partial charge on any atom is 0.133 e. The highest BCUT2D eigenvalue weighted by molar-refractivity contribution is 9.10. The zero-order valence-corrected chi connectivity index (χ0v) is 13.5. The standard InChI is InChI=1S/C15H18BrClN2/c1-10(2)8-11(17)9-19-15-13-4-3-5-14(16)12(13)6-7-18-15/h3-7,10-11H,8-9H2,1-2H3,(H,18,19). The number of hydrogen-bond donors (Lipinski definition) is 1. The molecule has 1 atom stereocenters. The zero-order valence-electron chi connectivity index (χ0n) is 11.2. The van der Waals surface area contributed by atoms with Crippen molar-refractivity contribution in [3.63, 3.8) is 0 Å². The molecule has 1 N–H and O–H groups in total. The molecular weight excluding hydrogens is 324 g/mol. The zero-order chi connectivity index (χ0) is 13.8. The lowest BCUT2D eigenvalue weighted by Crippen LogP contribution is -2.17. The summed E-state index contributed by atoms with van der Waals surface area (Å²) in [6, 6.07) is 8.14. The Balaban J connectivity index is 2.15. The molecule has 1 aromatic carbocycles. The second kappa shape index (κ2) is 6.58. The van der Waals surface area contributed by atoms with Crippen LogP contribution < -0.4 is 5.32 Å². The molecule has 2 nitrogen and oxygen atoms in total. The number of pyridine rings is 1. The van der Waals surface area contributed by atoms with Gasteiger partial charge in [-0.25, -0.2) is 4.98 Å². The minimum atomic E-state index is 0.129. The van der Waals surface area contributed by atoms with Crippen LogP contribution in [0.25, 0.3) is 10.8 Å². The number of halogens is 2. The Hall–Kier alpha value is -0.800. The third-order valence-corrected chi connectivity index (χ3v) is 4.00. The molecule has 0 bridgehead atoms. The Kier molecular flexibility index (Phi) is 5.06. The van der Waals surface area contributed by atoms with Gasteiger partial charge in [0.1, 0.15) is 5.82 Å². The molecule has 0 radical (unpaired) electrons. The maximum atomic E-state index is 6.31. The molecule has 1 unspecified atom stereocenters. The van der Waals surface area contributed by atoms with Gasteiger partial charge in [-0.3, -0.25) is 0 Å². The third-order valence-electron chi connectivity index (χ3n) is 2.97.